The molecule has 3 aromatic rings. The van der Waals surface area contributed by atoms with E-state index >= 15 is 0 Å². The van der Waals surface area contributed by atoms with Gasteiger partial charge in [-0.2, -0.15) is 0 Å². The Kier molecular flexibility index (Phi) is 8.84. The SMILES string of the molecule is O=C(OC[C@@H]1O[C@@H](OC(=O)c2cc(O)c(O)c(O)c2)[C@H](O)[C@@H](OC(=O)c2cc(O)c(O)c(O)c2)[C@@H]1O)c1cc(O)c(O)c(O)c1. The Morgan fingerprint density at radius 2 is 0.911 bits per heavy atom. The van der Waals surface area contributed by atoms with Crippen LogP contribution in [0.3, 0.4) is 0 Å². The van der Waals surface area contributed by atoms with Gasteiger partial charge in [0.25, 0.3) is 0 Å². The Balaban J connectivity index is 1.59. The van der Waals surface area contributed by atoms with Gasteiger partial charge in [-0.1, -0.05) is 0 Å². The van der Waals surface area contributed by atoms with Crippen LogP contribution in [0.15, 0.2) is 36.4 Å². The van der Waals surface area contributed by atoms with E-state index in [0.29, 0.717) is 24.3 Å². The first-order valence-electron chi connectivity index (χ1n) is 12.4. The molecule has 0 spiro atoms. The van der Waals surface area contributed by atoms with Crippen molar-refractivity contribution in [2.45, 2.75) is 30.7 Å². The fraction of sp³-hybridized carbons (Fsp3) is 0.222. The molecule has 1 aliphatic rings. The van der Waals surface area contributed by atoms with Gasteiger partial charge < -0.3 is 75.1 Å². The Morgan fingerprint density at radius 3 is 1.31 bits per heavy atom. The van der Waals surface area contributed by atoms with Gasteiger partial charge in [-0.3, -0.25) is 0 Å². The smallest absolute Gasteiger partial charge is 0.340 e. The molecule has 0 radical (unpaired) electrons. The molecular formula is C27H24O18. The summed E-state index contributed by atoms with van der Waals surface area (Å²) < 4.78 is 20.6. The summed E-state index contributed by atoms with van der Waals surface area (Å²) in [6, 6.07) is 4.20. The largest absolute Gasteiger partial charge is 0.504 e. The Labute approximate surface area is 249 Å². The molecule has 18 heteroatoms. The number of hydrogen-bond donors (Lipinski definition) is 11. The van der Waals surface area contributed by atoms with Crippen molar-refractivity contribution in [2.24, 2.45) is 0 Å². The molecule has 3 aromatic carbocycles. The lowest BCUT2D eigenvalue weighted by atomic mass is 9.98. The predicted molar refractivity (Wildman–Crippen MR) is 140 cm³/mol. The number of esters is 3. The quantitative estimate of drug-likeness (QED) is 0.0902. The van der Waals surface area contributed by atoms with Gasteiger partial charge in [0.05, 0.1) is 16.7 Å². The molecule has 11 N–H and O–H groups in total. The highest BCUT2D eigenvalue weighted by Crippen LogP contribution is 2.38. The number of aromatic hydroxyl groups is 9. The Hall–Kier alpha value is -5.85. The molecule has 240 valence electrons. The first-order chi connectivity index (χ1) is 21.1. The van der Waals surface area contributed by atoms with Crippen molar-refractivity contribution < 1.29 is 89.5 Å². The molecule has 45 heavy (non-hydrogen) atoms. The molecule has 0 bridgehead atoms. The lowest BCUT2D eigenvalue weighted by Crippen LogP contribution is -2.61. The van der Waals surface area contributed by atoms with Crippen molar-refractivity contribution in [3.05, 3.63) is 53.1 Å². The zero-order chi connectivity index (χ0) is 33.3. The number of aliphatic hydroxyl groups excluding tert-OH is 2. The second kappa shape index (κ2) is 12.4. The van der Waals surface area contributed by atoms with Crippen LogP contribution in [0.4, 0.5) is 0 Å². The van der Waals surface area contributed by atoms with Crippen LogP contribution in [-0.2, 0) is 18.9 Å². The number of phenols is 9. The van der Waals surface area contributed by atoms with Crippen molar-refractivity contribution in [3.63, 3.8) is 0 Å². The average Bonchev–Trinajstić information content (AvgIpc) is 2.99. The maximum absolute atomic E-state index is 12.8. The highest BCUT2D eigenvalue weighted by Gasteiger charge is 2.49. The third-order valence-corrected chi connectivity index (χ3v) is 6.40. The predicted octanol–water partition coefficient (Wildman–Crippen LogP) is -0.277. The molecule has 5 atom stereocenters. The number of aliphatic hydroxyl groups is 2. The van der Waals surface area contributed by atoms with Gasteiger partial charge in [0.2, 0.25) is 6.29 Å². The fourth-order valence-corrected chi connectivity index (χ4v) is 4.05. The second-order valence-corrected chi connectivity index (χ2v) is 9.49. The molecule has 0 aliphatic carbocycles. The minimum absolute atomic E-state index is 0.474. The average molecular weight is 636 g/mol. The summed E-state index contributed by atoms with van der Waals surface area (Å²) in [4.78, 5) is 38.1. The van der Waals surface area contributed by atoms with Crippen molar-refractivity contribution in [3.8, 4) is 51.7 Å². The van der Waals surface area contributed by atoms with Crippen molar-refractivity contribution >= 4 is 17.9 Å². The van der Waals surface area contributed by atoms with E-state index in [0.717, 1.165) is 12.1 Å². The fourth-order valence-electron chi connectivity index (χ4n) is 4.05. The van der Waals surface area contributed by atoms with E-state index < -0.39 is 124 Å². The summed E-state index contributed by atoms with van der Waals surface area (Å²) in [5, 5.41) is 108. The minimum Gasteiger partial charge on any atom is -0.504 e. The van der Waals surface area contributed by atoms with E-state index in [-0.39, 0.29) is 0 Å². The first kappa shape index (κ1) is 32.1. The van der Waals surface area contributed by atoms with Gasteiger partial charge in [-0.25, -0.2) is 14.4 Å². The molecule has 1 aliphatic heterocycles. The molecular weight excluding hydrogens is 612 g/mol. The summed E-state index contributed by atoms with van der Waals surface area (Å²) in [5.41, 5.74) is -1.62. The van der Waals surface area contributed by atoms with Gasteiger partial charge in [0.15, 0.2) is 64.0 Å². The number of rotatable bonds is 7. The molecule has 1 saturated heterocycles. The maximum atomic E-state index is 12.8. The van der Waals surface area contributed by atoms with E-state index in [2.05, 4.69) is 0 Å². The van der Waals surface area contributed by atoms with E-state index in [9.17, 15) is 70.6 Å². The van der Waals surface area contributed by atoms with E-state index in [1.54, 1.807) is 0 Å². The zero-order valence-corrected chi connectivity index (χ0v) is 22.3. The molecule has 1 fully saturated rings. The Morgan fingerprint density at radius 1 is 0.556 bits per heavy atom. The molecule has 1 heterocycles. The van der Waals surface area contributed by atoms with Crippen LogP contribution in [0.1, 0.15) is 31.1 Å². The van der Waals surface area contributed by atoms with E-state index in [4.69, 9.17) is 18.9 Å². The molecule has 18 nitrogen and oxygen atoms in total. The van der Waals surface area contributed by atoms with Crippen LogP contribution in [0, 0.1) is 0 Å². The van der Waals surface area contributed by atoms with Gasteiger partial charge in [0, 0.05) is 0 Å². The van der Waals surface area contributed by atoms with Crippen molar-refractivity contribution in [1.29, 1.82) is 0 Å². The number of hydrogen-bond acceptors (Lipinski definition) is 18. The second-order valence-electron chi connectivity index (χ2n) is 9.49. The minimum atomic E-state index is -2.19. The summed E-state index contributed by atoms with van der Waals surface area (Å²) in [7, 11) is 0. The third kappa shape index (κ3) is 6.56. The lowest BCUT2D eigenvalue weighted by Gasteiger charge is -2.41. The van der Waals surface area contributed by atoms with E-state index in [1.807, 2.05) is 0 Å². The monoisotopic (exact) mass is 636 g/mol. The number of carbonyl (C=O) groups excluding carboxylic acids is 3. The van der Waals surface area contributed by atoms with Crippen molar-refractivity contribution in [1.82, 2.24) is 0 Å². The van der Waals surface area contributed by atoms with Gasteiger partial charge in [-0.15, -0.1) is 0 Å². The van der Waals surface area contributed by atoms with Crippen LogP contribution >= 0.6 is 0 Å². The van der Waals surface area contributed by atoms with Crippen LogP contribution in [-0.4, -0.2) is 111 Å². The summed E-state index contributed by atoms with van der Waals surface area (Å²) in [6.07, 6.45) is -10.2. The first-order valence-corrected chi connectivity index (χ1v) is 12.4. The summed E-state index contributed by atoms with van der Waals surface area (Å²) in [5.74, 6) is -12.3. The standard InChI is InChI=1S/C27H24O18/c28-11-1-8(2-12(29)18(11)34)24(39)42-7-17-21(37)23(44-25(40)9-3-13(30)19(35)14(31)4-9)22(38)27(43-17)45-26(41)10-5-15(32)20(36)16(33)6-10/h1-6,17,21-23,27-38H,7H2/t17-,21+,22+,23-,27-/m0/s1. The molecule has 0 amide bonds. The van der Waals surface area contributed by atoms with Crippen LogP contribution in [0.2, 0.25) is 0 Å². The van der Waals surface area contributed by atoms with Gasteiger partial charge >= 0.3 is 17.9 Å². The number of carbonyl (C=O) groups is 3. The third-order valence-electron chi connectivity index (χ3n) is 6.40. The topological polar surface area (TPSA) is 311 Å². The zero-order valence-electron chi connectivity index (χ0n) is 22.3. The Bertz CT molecular complexity index is 1580. The van der Waals surface area contributed by atoms with E-state index in [1.165, 1.54) is 0 Å². The highest BCUT2D eigenvalue weighted by molar-refractivity contribution is 5.92. The van der Waals surface area contributed by atoms with Crippen LogP contribution < -0.4 is 0 Å². The number of benzene rings is 3. The molecule has 4 rings (SSSR count). The van der Waals surface area contributed by atoms with Crippen LogP contribution in [0.5, 0.6) is 51.7 Å². The normalized spacial score (nSPS) is 21.1. The lowest BCUT2D eigenvalue weighted by molar-refractivity contribution is -0.284. The number of ether oxygens (including phenoxy) is 4. The van der Waals surface area contributed by atoms with Gasteiger partial charge in [-0.05, 0) is 36.4 Å². The highest BCUT2D eigenvalue weighted by atomic mass is 16.7. The molecule has 0 saturated carbocycles. The van der Waals surface area contributed by atoms with Crippen molar-refractivity contribution in [2.75, 3.05) is 6.61 Å². The van der Waals surface area contributed by atoms with Crippen LogP contribution in [0.25, 0.3) is 0 Å². The number of phenolic OH excluding ortho intramolecular Hbond substituents is 9. The maximum Gasteiger partial charge on any atom is 0.340 e. The van der Waals surface area contributed by atoms with Gasteiger partial charge in [0.1, 0.15) is 18.8 Å². The molecule has 0 aromatic heterocycles. The molecule has 0 unspecified atom stereocenters. The summed E-state index contributed by atoms with van der Waals surface area (Å²) in [6.45, 7) is -0.918. The summed E-state index contributed by atoms with van der Waals surface area (Å²) >= 11 is 0.